The Labute approximate surface area is 105 Å². The maximum Gasteiger partial charge on any atom is 0.333 e. The fourth-order valence-corrected chi connectivity index (χ4v) is 2.41. The van der Waals surface area contributed by atoms with E-state index in [1.807, 2.05) is 13.0 Å². The van der Waals surface area contributed by atoms with Gasteiger partial charge in [0, 0.05) is 12.1 Å². The van der Waals surface area contributed by atoms with Crippen molar-refractivity contribution in [3.8, 4) is 0 Å². The molecular weight excluding hydrogens is 214 g/mol. The number of rotatable bonds is 7. The van der Waals surface area contributed by atoms with Gasteiger partial charge in [-0.25, -0.2) is 4.79 Å². The molecule has 0 aromatic heterocycles. The Morgan fingerprint density at radius 2 is 2.12 bits per heavy atom. The minimum absolute atomic E-state index is 0.204. The van der Waals surface area contributed by atoms with Crippen LogP contribution >= 0.6 is 0 Å². The zero-order chi connectivity index (χ0) is 12.5. The number of hydrogen-bond acceptors (Lipinski definition) is 3. The molecular formula is C14H25NO2. The molecule has 0 radical (unpaired) electrons. The van der Waals surface area contributed by atoms with Crippen LogP contribution in [-0.4, -0.2) is 26.2 Å². The first-order valence-corrected chi connectivity index (χ1v) is 6.76. The Kier molecular flexibility index (Phi) is 6.94. The second kappa shape index (κ2) is 8.29. The number of hydrogen-bond donors (Lipinski definition) is 1. The van der Waals surface area contributed by atoms with Gasteiger partial charge in [0.25, 0.3) is 0 Å². The Bertz CT molecular complexity index is 255. The monoisotopic (exact) mass is 239 g/mol. The Balaban J connectivity index is 2.12. The standard InChI is InChI=1S/C14H25NO2/c1-3-13(14(16)17-2)9-11-15-10-8-12-6-4-5-7-12/h9,12,15H,3-8,10-11H2,1-2H3. The van der Waals surface area contributed by atoms with Crippen molar-refractivity contribution in [1.29, 1.82) is 0 Å². The number of esters is 1. The van der Waals surface area contributed by atoms with E-state index in [4.69, 9.17) is 4.74 Å². The molecule has 0 unspecified atom stereocenters. The summed E-state index contributed by atoms with van der Waals surface area (Å²) in [6.45, 7) is 3.80. The van der Waals surface area contributed by atoms with Crippen LogP contribution in [0.1, 0.15) is 45.4 Å². The maximum absolute atomic E-state index is 11.3. The van der Waals surface area contributed by atoms with E-state index in [2.05, 4.69) is 5.32 Å². The molecule has 0 heterocycles. The largest absolute Gasteiger partial charge is 0.466 e. The number of ether oxygens (including phenoxy) is 1. The van der Waals surface area contributed by atoms with E-state index in [0.717, 1.165) is 31.0 Å². The Morgan fingerprint density at radius 1 is 1.41 bits per heavy atom. The third-order valence-electron chi connectivity index (χ3n) is 3.53. The molecule has 17 heavy (non-hydrogen) atoms. The lowest BCUT2D eigenvalue weighted by Crippen LogP contribution is -2.18. The average molecular weight is 239 g/mol. The molecule has 3 nitrogen and oxygen atoms in total. The van der Waals surface area contributed by atoms with Gasteiger partial charge in [0.2, 0.25) is 0 Å². The van der Waals surface area contributed by atoms with Gasteiger partial charge in [-0.05, 0) is 25.3 Å². The van der Waals surface area contributed by atoms with Gasteiger partial charge in [-0.3, -0.25) is 0 Å². The van der Waals surface area contributed by atoms with Crippen molar-refractivity contribution in [1.82, 2.24) is 5.32 Å². The van der Waals surface area contributed by atoms with E-state index in [9.17, 15) is 4.79 Å². The minimum atomic E-state index is -0.204. The number of methoxy groups -OCH3 is 1. The summed E-state index contributed by atoms with van der Waals surface area (Å²) in [4.78, 5) is 11.3. The van der Waals surface area contributed by atoms with E-state index >= 15 is 0 Å². The van der Waals surface area contributed by atoms with Crippen LogP contribution in [0.5, 0.6) is 0 Å². The highest BCUT2D eigenvalue weighted by Gasteiger charge is 2.13. The molecule has 1 aliphatic rings. The van der Waals surface area contributed by atoms with Gasteiger partial charge in [-0.2, -0.15) is 0 Å². The summed E-state index contributed by atoms with van der Waals surface area (Å²) in [7, 11) is 1.43. The summed E-state index contributed by atoms with van der Waals surface area (Å²) >= 11 is 0. The van der Waals surface area contributed by atoms with Gasteiger partial charge >= 0.3 is 5.97 Å². The average Bonchev–Trinajstić information content (AvgIpc) is 2.86. The fraction of sp³-hybridized carbons (Fsp3) is 0.786. The molecule has 3 heteroatoms. The predicted molar refractivity (Wildman–Crippen MR) is 69.8 cm³/mol. The highest BCUT2D eigenvalue weighted by Crippen LogP contribution is 2.26. The summed E-state index contributed by atoms with van der Waals surface area (Å²) < 4.78 is 4.71. The quantitative estimate of drug-likeness (QED) is 0.422. The predicted octanol–water partition coefficient (Wildman–Crippen LogP) is 2.67. The Hall–Kier alpha value is -0.830. The molecule has 0 saturated heterocycles. The molecule has 0 aromatic rings. The Morgan fingerprint density at radius 3 is 2.71 bits per heavy atom. The highest BCUT2D eigenvalue weighted by molar-refractivity contribution is 5.88. The zero-order valence-electron chi connectivity index (χ0n) is 11.1. The van der Waals surface area contributed by atoms with E-state index in [-0.39, 0.29) is 5.97 Å². The summed E-state index contributed by atoms with van der Waals surface area (Å²) in [5, 5.41) is 3.37. The lowest BCUT2D eigenvalue weighted by molar-refractivity contribution is -0.136. The summed E-state index contributed by atoms with van der Waals surface area (Å²) in [6, 6.07) is 0. The third-order valence-corrected chi connectivity index (χ3v) is 3.53. The van der Waals surface area contributed by atoms with E-state index in [1.165, 1.54) is 39.2 Å². The first-order valence-electron chi connectivity index (χ1n) is 6.76. The van der Waals surface area contributed by atoms with Crippen molar-refractivity contribution >= 4 is 5.97 Å². The van der Waals surface area contributed by atoms with Crippen LogP contribution < -0.4 is 5.32 Å². The SMILES string of the molecule is CCC(=CCNCCC1CCCC1)C(=O)OC. The van der Waals surface area contributed by atoms with Crippen molar-refractivity contribution < 1.29 is 9.53 Å². The molecule has 1 aliphatic carbocycles. The van der Waals surface area contributed by atoms with Gasteiger partial charge < -0.3 is 10.1 Å². The minimum Gasteiger partial charge on any atom is -0.466 e. The van der Waals surface area contributed by atoms with Crippen LogP contribution in [0.4, 0.5) is 0 Å². The van der Waals surface area contributed by atoms with Crippen LogP contribution in [0, 0.1) is 5.92 Å². The normalized spacial score (nSPS) is 17.4. The topological polar surface area (TPSA) is 38.3 Å². The van der Waals surface area contributed by atoms with Crippen LogP contribution in [0.2, 0.25) is 0 Å². The van der Waals surface area contributed by atoms with Crippen molar-refractivity contribution in [2.24, 2.45) is 5.92 Å². The first-order chi connectivity index (χ1) is 8.27. The molecule has 1 fully saturated rings. The molecule has 1 rings (SSSR count). The molecule has 1 N–H and O–H groups in total. The van der Waals surface area contributed by atoms with E-state index in [0.29, 0.717) is 0 Å². The second-order valence-electron chi connectivity index (χ2n) is 4.72. The molecule has 0 bridgehead atoms. The maximum atomic E-state index is 11.3. The van der Waals surface area contributed by atoms with Crippen LogP contribution in [-0.2, 0) is 9.53 Å². The summed E-state index contributed by atoms with van der Waals surface area (Å²) in [6.07, 6.45) is 9.57. The van der Waals surface area contributed by atoms with Crippen molar-refractivity contribution in [2.75, 3.05) is 20.2 Å². The van der Waals surface area contributed by atoms with Gasteiger partial charge in [0.05, 0.1) is 7.11 Å². The first kappa shape index (κ1) is 14.2. The summed E-state index contributed by atoms with van der Waals surface area (Å²) in [5.41, 5.74) is 0.765. The number of carbonyl (C=O) groups is 1. The van der Waals surface area contributed by atoms with Gasteiger partial charge in [-0.1, -0.05) is 38.7 Å². The van der Waals surface area contributed by atoms with E-state index < -0.39 is 0 Å². The van der Waals surface area contributed by atoms with Crippen molar-refractivity contribution in [2.45, 2.75) is 45.4 Å². The smallest absolute Gasteiger partial charge is 0.333 e. The number of nitrogens with one attached hydrogen (secondary N) is 1. The van der Waals surface area contributed by atoms with Crippen LogP contribution in [0.3, 0.4) is 0 Å². The van der Waals surface area contributed by atoms with Crippen molar-refractivity contribution in [3.05, 3.63) is 11.6 Å². The molecule has 0 aliphatic heterocycles. The van der Waals surface area contributed by atoms with E-state index in [1.54, 1.807) is 0 Å². The van der Waals surface area contributed by atoms with Gasteiger partial charge in [0.1, 0.15) is 0 Å². The molecule has 98 valence electrons. The van der Waals surface area contributed by atoms with Gasteiger partial charge in [0.15, 0.2) is 0 Å². The molecule has 0 spiro atoms. The van der Waals surface area contributed by atoms with Gasteiger partial charge in [-0.15, -0.1) is 0 Å². The number of carbonyl (C=O) groups excluding carboxylic acids is 1. The molecule has 0 amide bonds. The van der Waals surface area contributed by atoms with Crippen LogP contribution in [0.25, 0.3) is 0 Å². The lowest BCUT2D eigenvalue weighted by atomic mass is 10.0. The highest BCUT2D eigenvalue weighted by atomic mass is 16.5. The second-order valence-corrected chi connectivity index (χ2v) is 4.72. The molecule has 1 saturated carbocycles. The zero-order valence-corrected chi connectivity index (χ0v) is 11.1. The lowest BCUT2D eigenvalue weighted by Gasteiger charge is -2.08. The van der Waals surface area contributed by atoms with Crippen molar-refractivity contribution in [3.63, 3.8) is 0 Å². The molecule has 0 aromatic carbocycles. The van der Waals surface area contributed by atoms with Crippen LogP contribution in [0.15, 0.2) is 11.6 Å². The third kappa shape index (κ3) is 5.35. The summed E-state index contributed by atoms with van der Waals surface area (Å²) in [5.74, 6) is 0.725. The fourth-order valence-electron chi connectivity index (χ4n) is 2.41. The molecule has 0 atom stereocenters.